The molecule has 0 fully saturated rings. The minimum absolute atomic E-state index is 0.0337. The Hall–Kier alpha value is -4.89. The second kappa shape index (κ2) is 11.1. The molecule has 3 aromatic carbocycles. The summed E-state index contributed by atoms with van der Waals surface area (Å²) in [5, 5.41) is 12.8. The lowest BCUT2D eigenvalue weighted by Crippen LogP contribution is -2.35. The molecule has 0 bridgehead atoms. The summed E-state index contributed by atoms with van der Waals surface area (Å²) >= 11 is 0. The SMILES string of the molecule is COC(=O)c1ccc2c(C(=Nc3ccc(N(CCN(C)C)C(C)=O)cc3)c3ccc4[nH]ccc4c3)c(O)[nH]c2c1. The summed E-state index contributed by atoms with van der Waals surface area (Å²) in [7, 11) is 5.27. The van der Waals surface area contributed by atoms with Crippen molar-refractivity contribution in [1.82, 2.24) is 14.9 Å². The van der Waals surface area contributed by atoms with Crippen molar-refractivity contribution in [3.63, 3.8) is 0 Å². The number of nitrogens with one attached hydrogen (secondary N) is 2. The summed E-state index contributed by atoms with van der Waals surface area (Å²) < 4.78 is 4.85. The largest absolute Gasteiger partial charge is 0.494 e. The maximum Gasteiger partial charge on any atom is 0.337 e. The molecule has 5 aromatic rings. The number of amides is 1. The van der Waals surface area contributed by atoms with Gasteiger partial charge in [-0.25, -0.2) is 9.79 Å². The number of hydrogen-bond acceptors (Lipinski definition) is 6. The number of hydrogen-bond donors (Lipinski definition) is 3. The molecule has 40 heavy (non-hydrogen) atoms. The summed E-state index contributed by atoms with van der Waals surface area (Å²) in [5.74, 6) is -0.559. The first-order valence-electron chi connectivity index (χ1n) is 12.9. The van der Waals surface area contributed by atoms with Gasteiger partial charge in [-0.1, -0.05) is 12.1 Å². The molecular weight excluding hydrogens is 506 g/mol. The molecule has 204 valence electrons. The van der Waals surface area contributed by atoms with E-state index in [2.05, 4.69) is 9.97 Å². The Balaban J connectivity index is 1.62. The third kappa shape index (κ3) is 5.32. The Morgan fingerprint density at radius 2 is 1.68 bits per heavy atom. The lowest BCUT2D eigenvalue weighted by Gasteiger charge is -2.23. The molecule has 0 aliphatic carbocycles. The molecule has 0 aliphatic heterocycles. The normalized spacial score (nSPS) is 11.9. The summed E-state index contributed by atoms with van der Waals surface area (Å²) in [4.78, 5) is 39.3. The Labute approximate surface area is 231 Å². The van der Waals surface area contributed by atoms with Gasteiger partial charge >= 0.3 is 5.97 Å². The minimum atomic E-state index is -0.463. The van der Waals surface area contributed by atoms with Crippen LogP contribution in [-0.4, -0.2) is 71.9 Å². The van der Waals surface area contributed by atoms with Crippen LogP contribution >= 0.6 is 0 Å². The molecule has 9 heteroatoms. The van der Waals surface area contributed by atoms with Gasteiger partial charge in [-0.05, 0) is 68.7 Å². The van der Waals surface area contributed by atoms with Crippen molar-refractivity contribution < 1.29 is 19.4 Å². The van der Waals surface area contributed by atoms with Gasteiger partial charge < -0.3 is 29.6 Å². The number of methoxy groups -OCH3 is 1. The van der Waals surface area contributed by atoms with Crippen LogP contribution in [0, 0.1) is 0 Å². The number of carbonyl (C=O) groups is 2. The van der Waals surface area contributed by atoms with E-state index in [9.17, 15) is 14.7 Å². The average molecular weight is 538 g/mol. The zero-order chi connectivity index (χ0) is 28.4. The number of nitrogens with zero attached hydrogens (tertiary/aromatic N) is 3. The first-order valence-corrected chi connectivity index (χ1v) is 12.9. The summed E-state index contributed by atoms with van der Waals surface area (Å²) in [6.07, 6.45) is 1.87. The van der Waals surface area contributed by atoms with Gasteiger partial charge in [-0.15, -0.1) is 0 Å². The number of rotatable bonds is 8. The van der Waals surface area contributed by atoms with Crippen molar-refractivity contribution >= 4 is 50.8 Å². The molecule has 0 saturated carbocycles. The van der Waals surface area contributed by atoms with Crippen LogP contribution in [-0.2, 0) is 9.53 Å². The quantitative estimate of drug-likeness (QED) is 0.185. The van der Waals surface area contributed by atoms with Crippen LogP contribution in [0.1, 0.15) is 28.4 Å². The maximum atomic E-state index is 12.3. The minimum Gasteiger partial charge on any atom is -0.494 e. The number of fused-ring (bicyclic) bond motifs is 2. The molecular formula is C31H31N5O4. The van der Waals surface area contributed by atoms with Crippen molar-refractivity contribution in [3.8, 4) is 5.88 Å². The van der Waals surface area contributed by atoms with E-state index in [0.717, 1.165) is 28.7 Å². The van der Waals surface area contributed by atoms with Crippen LogP contribution in [0.3, 0.4) is 0 Å². The highest BCUT2D eigenvalue weighted by Crippen LogP contribution is 2.33. The van der Waals surface area contributed by atoms with Gasteiger partial charge in [-0.2, -0.15) is 0 Å². The summed E-state index contributed by atoms with van der Waals surface area (Å²) in [6.45, 7) is 2.87. The molecule has 3 N–H and O–H groups in total. The highest BCUT2D eigenvalue weighted by molar-refractivity contribution is 6.22. The van der Waals surface area contributed by atoms with Crippen molar-refractivity contribution in [3.05, 3.63) is 89.6 Å². The molecule has 2 heterocycles. The number of esters is 1. The van der Waals surface area contributed by atoms with Crippen LogP contribution in [0.25, 0.3) is 21.8 Å². The maximum absolute atomic E-state index is 12.3. The number of carbonyl (C=O) groups excluding carboxylic acids is 2. The van der Waals surface area contributed by atoms with Crippen LogP contribution < -0.4 is 4.90 Å². The number of aromatic nitrogens is 2. The Bertz CT molecular complexity index is 1730. The molecule has 0 aliphatic rings. The first kappa shape index (κ1) is 26.7. The lowest BCUT2D eigenvalue weighted by atomic mass is 9.99. The smallest absolute Gasteiger partial charge is 0.337 e. The number of ether oxygens (including phenoxy) is 1. The standard InChI is InChI=1S/C31H31N5O4/c1-19(37)36(16-15-35(2)3)24-9-7-23(8-10-24)33-29(21-6-12-26-20(17-21)13-14-32-26)28-25-11-5-22(31(39)40-4)18-27(25)34-30(28)38/h5-14,17-18,32,34,38H,15-16H2,1-4H3. The first-order chi connectivity index (χ1) is 19.2. The number of anilines is 1. The molecule has 0 radical (unpaired) electrons. The van der Waals surface area contributed by atoms with E-state index < -0.39 is 5.97 Å². The Kier molecular flexibility index (Phi) is 7.39. The van der Waals surface area contributed by atoms with E-state index in [1.54, 1.807) is 30.0 Å². The van der Waals surface area contributed by atoms with E-state index >= 15 is 0 Å². The van der Waals surface area contributed by atoms with E-state index in [0.29, 0.717) is 40.0 Å². The zero-order valence-electron chi connectivity index (χ0n) is 22.9. The monoisotopic (exact) mass is 537 g/mol. The van der Waals surface area contributed by atoms with Gasteiger partial charge in [0.05, 0.1) is 29.6 Å². The van der Waals surface area contributed by atoms with Gasteiger partial charge in [0, 0.05) is 59.3 Å². The number of benzene rings is 3. The number of aromatic amines is 2. The predicted molar refractivity (Wildman–Crippen MR) is 158 cm³/mol. The second-order valence-electron chi connectivity index (χ2n) is 9.83. The van der Waals surface area contributed by atoms with Gasteiger partial charge in [-0.3, -0.25) is 4.79 Å². The fourth-order valence-corrected chi connectivity index (χ4v) is 4.74. The summed E-state index contributed by atoms with van der Waals surface area (Å²) in [5.41, 5.74) is 5.26. The molecule has 0 saturated heterocycles. The third-order valence-corrected chi connectivity index (χ3v) is 6.82. The molecule has 2 aromatic heterocycles. The predicted octanol–water partition coefficient (Wildman–Crippen LogP) is 5.23. The van der Waals surface area contributed by atoms with Crippen molar-refractivity contribution in [1.29, 1.82) is 0 Å². The number of aliphatic imine (C=N–C) groups is 1. The van der Waals surface area contributed by atoms with E-state index in [1.165, 1.54) is 7.11 Å². The fourth-order valence-electron chi connectivity index (χ4n) is 4.74. The van der Waals surface area contributed by atoms with E-state index in [1.807, 2.05) is 73.7 Å². The topological polar surface area (TPSA) is 114 Å². The van der Waals surface area contributed by atoms with Gasteiger partial charge in [0.2, 0.25) is 5.91 Å². The number of H-pyrrole nitrogens is 2. The third-order valence-electron chi connectivity index (χ3n) is 6.82. The molecule has 0 atom stereocenters. The average Bonchev–Trinajstić information content (AvgIpc) is 3.54. The van der Waals surface area contributed by atoms with Gasteiger partial charge in [0.1, 0.15) is 0 Å². The second-order valence-corrected chi connectivity index (χ2v) is 9.83. The Morgan fingerprint density at radius 1 is 0.925 bits per heavy atom. The van der Waals surface area contributed by atoms with Crippen LogP contribution in [0.5, 0.6) is 5.88 Å². The molecule has 0 spiro atoms. The fraction of sp³-hybridized carbons (Fsp3) is 0.194. The van der Waals surface area contributed by atoms with Gasteiger partial charge in [0.25, 0.3) is 0 Å². The number of likely N-dealkylation sites (N-methyl/N-ethyl adjacent to an activating group) is 1. The van der Waals surface area contributed by atoms with Crippen molar-refractivity contribution in [2.45, 2.75) is 6.92 Å². The van der Waals surface area contributed by atoms with Crippen LogP contribution in [0.2, 0.25) is 0 Å². The zero-order valence-corrected chi connectivity index (χ0v) is 22.9. The molecule has 1 amide bonds. The number of aromatic hydroxyl groups is 1. The summed E-state index contributed by atoms with van der Waals surface area (Å²) in [6, 6.07) is 20.5. The van der Waals surface area contributed by atoms with Crippen LogP contribution in [0.4, 0.5) is 11.4 Å². The lowest BCUT2D eigenvalue weighted by molar-refractivity contribution is -0.116. The highest BCUT2D eigenvalue weighted by atomic mass is 16.5. The van der Waals surface area contributed by atoms with Gasteiger partial charge in [0.15, 0.2) is 5.88 Å². The highest BCUT2D eigenvalue weighted by Gasteiger charge is 2.21. The van der Waals surface area contributed by atoms with E-state index in [-0.39, 0.29) is 11.8 Å². The van der Waals surface area contributed by atoms with Crippen LogP contribution in [0.15, 0.2) is 77.9 Å². The molecule has 0 unspecified atom stereocenters. The Morgan fingerprint density at radius 3 is 2.38 bits per heavy atom. The molecule has 9 nitrogen and oxygen atoms in total. The van der Waals surface area contributed by atoms with Crippen molar-refractivity contribution in [2.24, 2.45) is 4.99 Å². The van der Waals surface area contributed by atoms with E-state index in [4.69, 9.17) is 9.73 Å². The molecule has 5 rings (SSSR count). The van der Waals surface area contributed by atoms with Crippen molar-refractivity contribution in [2.75, 3.05) is 39.2 Å².